The third-order valence-electron chi connectivity index (χ3n) is 3.49. The van der Waals surface area contributed by atoms with Crippen molar-refractivity contribution >= 4 is 11.9 Å². The van der Waals surface area contributed by atoms with Crippen molar-refractivity contribution in [2.45, 2.75) is 38.6 Å². The molecule has 4 heteroatoms. The molecule has 0 radical (unpaired) electrons. The van der Waals surface area contributed by atoms with Crippen LogP contribution in [-0.4, -0.2) is 23.0 Å². The molecule has 0 heterocycles. The van der Waals surface area contributed by atoms with E-state index in [-0.39, 0.29) is 17.9 Å². The van der Waals surface area contributed by atoms with Gasteiger partial charge in [0.2, 0.25) is 5.91 Å². The highest BCUT2D eigenvalue weighted by Crippen LogP contribution is 2.39. The number of nitrogens with one attached hydrogen (secondary N) is 1. The molecule has 4 atom stereocenters. The Labute approximate surface area is 89.0 Å². The maximum Gasteiger partial charge on any atom is 0.307 e. The van der Waals surface area contributed by atoms with Gasteiger partial charge in [0, 0.05) is 6.04 Å². The van der Waals surface area contributed by atoms with E-state index in [1.54, 1.807) is 0 Å². The molecule has 2 N–H and O–H groups in total. The molecule has 15 heavy (non-hydrogen) atoms. The molecule has 0 spiro atoms. The monoisotopic (exact) mass is 211 g/mol. The summed E-state index contributed by atoms with van der Waals surface area (Å²) >= 11 is 0. The predicted octanol–water partition coefficient (Wildman–Crippen LogP) is 1.01. The first kappa shape index (κ1) is 10.5. The first-order valence-corrected chi connectivity index (χ1v) is 5.61. The lowest BCUT2D eigenvalue weighted by atomic mass is 10.1. The molecular weight excluding hydrogens is 194 g/mol. The Morgan fingerprint density at radius 3 is 2.40 bits per heavy atom. The molecule has 2 aliphatic carbocycles. The van der Waals surface area contributed by atoms with Gasteiger partial charge in [0.1, 0.15) is 0 Å². The highest BCUT2D eigenvalue weighted by atomic mass is 16.4. The third-order valence-corrected chi connectivity index (χ3v) is 3.49. The zero-order valence-corrected chi connectivity index (χ0v) is 8.90. The van der Waals surface area contributed by atoms with Crippen molar-refractivity contribution in [1.29, 1.82) is 0 Å². The summed E-state index contributed by atoms with van der Waals surface area (Å²) in [5, 5.41) is 11.6. The van der Waals surface area contributed by atoms with Gasteiger partial charge in [-0.1, -0.05) is 6.92 Å². The maximum atomic E-state index is 11.6. The molecule has 1 amide bonds. The molecule has 0 aromatic heterocycles. The summed E-state index contributed by atoms with van der Waals surface area (Å²) in [5.74, 6) is -0.900. The molecule has 4 nitrogen and oxygen atoms in total. The predicted molar refractivity (Wildman–Crippen MR) is 54.2 cm³/mol. The van der Waals surface area contributed by atoms with Crippen LogP contribution < -0.4 is 5.32 Å². The SMILES string of the molecule is CC1CCC(NC(=O)C2CC2C(=O)O)C1. The van der Waals surface area contributed by atoms with Gasteiger partial charge in [-0.3, -0.25) is 9.59 Å². The summed E-state index contributed by atoms with van der Waals surface area (Å²) in [7, 11) is 0. The van der Waals surface area contributed by atoms with Gasteiger partial charge < -0.3 is 10.4 Å². The van der Waals surface area contributed by atoms with Crippen molar-refractivity contribution in [2.24, 2.45) is 17.8 Å². The number of aliphatic carboxylic acids is 1. The van der Waals surface area contributed by atoms with Crippen molar-refractivity contribution < 1.29 is 14.7 Å². The number of carboxylic acid groups (broad SMARTS) is 1. The number of hydrogen-bond donors (Lipinski definition) is 2. The lowest BCUT2D eigenvalue weighted by molar-refractivity contribution is -0.140. The highest BCUT2D eigenvalue weighted by Gasteiger charge is 2.48. The fourth-order valence-corrected chi connectivity index (χ4v) is 2.40. The smallest absolute Gasteiger partial charge is 0.307 e. The van der Waals surface area contributed by atoms with Crippen molar-refractivity contribution in [1.82, 2.24) is 5.32 Å². The van der Waals surface area contributed by atoms with Gasteiger partial charge in [-0.2, -0.15) is 0 Å². The summed E-state index contributed by atoms with van der Waals surface area (Å²) in [6.07, 6.45) is 3.76. The normalized spacial score (nSPS) is 38.7. The second kappa shape index (κ2) is 3.83. The van der Waals surface area contributed by atoms with Crippen LogP contribution in [0.15, 0.2) is 0 Å². The van der Waals surface area contributed by atoms with Crippen LogP contribution in [0.2, 0.25) is 0 Å². The average molecular weight is 211 g/mol. The van der Waals surface area contributed by atoms with E-state index >= 15 is 0 Å². The molecule has 4 unspecified atom stereocenters. The molecule has 2 saturated carbocycles. The van der Waals surface area contributed by atoms with Gasteiger partial charge >= 0.3 is 5.97 Å². The Morgan fingerprint density at radius 2 is 1.93 bits per heavy atom. The zero-order chi connectivity index (χ0) is 11.0. The number of hydrogen-bond acceptors (Lipinski definition) is 2. The van der Waals surface area contributed by atoms with Gasteiger partial charge in [0.15, 0.2) is 0 Å². The quantitative estimate of drug-likeness (QED) is 0.732. The average Bonchev–Trinajstić information content (AvgIpc) is 2.86. The molecule has 2 rings (SSSR count). The fraction of sp³-hybridized carbons (Fsp3) is 0.818. The number of rotatable bonds is 3. The number of carbonyl (C=O) groups excluding carboxylic acids is 1. The Bertz CT molecular complexity index is 290. The Balaban J connectivity index is 1.77. The topological polar surface area (TPSA) is 66.4 Å². The van der Waals surface area contributed by atoms with Crippen LogP contribution in [-0.2, 0) is 9.59 Å². The summed E-state index contributed by atoms with van der Waals surface area (Å²) < 4.78 is 0. The molecule has 0 saturated heterocycles. The minimum Gasteiger partial charge on any atom is -0.481 e. The van der Waals surface area contributed by atoms with E-state index in [1.165, 1.54) is 0 Å². The Hall–Kier alpha value is -1.06. The van der Waals surface area contributed by atoms with E-state index in [1.807, 2.05) is 0 Å². The van der Waals surface area contributed by atoms with E-state index in [0.29, 0.717) is 12.3 Å². The van der Waals surface area contributed by atoms with Gasteiger partial charge in [-0.25, -0.2) is 0 Å². The lowest BCUT2D eigenvalue weighted by Gasteiger charge is -2.11. The number of amides is 1. The molecule has 84 valence electrons. The lowest BCUT2D eigenvalue weighted by Crippen LogP contribution is -2.34. The number of carbonyl (C=O) groups is 2. The summed E-state index contributed by atoms with van der Waals surface area (Å²) in [4.78, 5) is 22.2. The fourth-order valence-electron chi connectivity index (χ4n) is 2.40. The van der Waals surface area contributed by atoms with E-state index < -0.39 is 11.9 Å². The first-order valence-electron chi connectivity index (χ1n) is 5.61. The Kier molecular flexibility index (Phi) is 2.67. The Morgan fingerprint density at radius 1 is 1.20 bits per heavy atom. The van der Waals surface area contributed by atoms with Crippen LogP contribution >= 0.6 is 0 Å². The highest BCUT2D eigenvalue weighted by molar-refractivity contribution is 5.89. The van der Waals surface area contributed by atoms with Crippen LogP contribution in [0, 0.1) is 17.8 Å². The van der Waals surface area contributed by atoms with Crippen molar-refractivity contribution in [2.75, 3.05) is 0 Å². The van der Waals surface area contributed by atoms with Crippen molar-refractivity contribution in [3.05, 3.63) is 0 Å². The van der Waals surface area contributed by atoms with Crippen molar-refractivity contribution in [3.8, 4) is 0 Å². The summed E-state index contributed by atoms with van der Waals surface area (Å²) in [6, 6.07) is 0.280. The zero-order valence-electron chi connectivity index (χ0n) is 8.90. The summed E-state index contributed by atoms with van der Waals surface area (Å²) in [6.45, 7) is 2.18. The minimum atomic E-state index is -0.838. The van der Waals surface area contributed by atoms with E-state index in [2.05, 4.69) is 12.2 Å². The van der Waals surface area contributed by atoms with Gasteiger partial charge in [0.25, 0.3) is 0 Å². The van der Waals surface area contributed by atoms with Crippen LogP contribution in [0.5, 0.6) is 0 Å². The minimum absolute atomic E-state index is 0.0542. The third kappa shape index (κ3) is 2.30. The van der Waals surface area contributed by atoms with E-state index in [4.69, 9.17) is 5.11 Å². The maximum absolute atomic E-state index is 11.6. The second-order valence-corrected chi connectivity index (χ2v) is 4.91. The number of carboxylic acids is 1. The van der Waals surface area contributed by atoms with Gasteiger partial charge in [0.05, 0.1) is 11.8 Å². The van der Waals surface area contributed by atoms with E-state index in [0.717, 1.165) is 19.3 Å². The molecular formula is C11H17NO3. The van der Waals surface area contributed by atoms with Crippen LogP contribution in [0.25, 0.3) is 0 Å². The van der Waals surface area contributed by atoms with Crippen molar-refractivity contribution in [3.63, 3.8) is 0 Å². The molecule has 2 fully saturated rings. The standard InChI is InChI=1S/C11H17NO3/c1-6-2-3-7(4-6)12-10(13)8-5-9(8)11(14)15/h6-9H,2-5H2,1H3,(H,12,13)(H,14,15). The largest absolute Gasteiger partial charge is 0.481 e. The molecule has 2 aliphatic rings. The molecule has 0 aromatic rings. The van der Waals surface area contributed by atoms with Gasteiger partial charge in [-0.05, 0) is 31.6 Å². The van der Waals surface area contributed by atoms with Crippen LogP contribution in [0.3, 0.4) is 0 Å². The summed E-state index contributed by atoms with van der Waals surface area (Å²) in [5.41, 5.74) is 0. The molecule has 0 bridgehead atoms. The van der Waals surface area contributed by atoms with Crippen LogP contribution in [0.4, 0.5) is 0 Å². The first-order chi connectivity index (χ1) is 7.08. The van der Waals surface area contributed by atoms with Crippen LogP contribution in [0.1, 0.15) is 32.6 Å². The second-order valence-electron chi connectivity index (χ2n) is 4.91. The molecule has 0 aliphatic heterocycles. The van der Waals surface area contributed by atoms with E-state index in [9.17, 15) is 9.59 Å². The molecule has 0 aromatic carbocycles. The van der Waals surface area contributed by atoms with Gasteiger partial charge in [-0.15, -0.1) is 0 Å².